The van der Waals surface area contributed by atoms with Crippen molar-refractivity contribution in [3.63, 3.8) is 0 Å². The molecule has 0 aromatic carbocycles. The molecule has 2 amide bonds. The first-order valence-electron chi connectivity index (χ1n) is 9.32. The minimum atomic E-state index is -0.544. The molecule has 9 nitrogen and oxygen atoms in total. The molecule has 3 N–H and O–H groups in total. The second kappa shape index (κ2) is 9.03. The van der Waals surface area contributed by atoms with Gasteiger partial charge in [-0.1, -0.05) is 37.0 Å². The Balaban J connectivity index is 1.91. The average molecular weight is 452 g/mol. The van der Waals surface area contributed by atoms with Gasteiger partial charge in [0, 0.05) is 12.4 Å². The van der Waals surface area contributed by atoms with Gasteiger partial charge in [0.15, 0.2) is 5.65 Å². The Morgan fingerprint density at radius 2 is 2.07 bits per heavy atom. The molecule has 0 aliphatic heterocycles. The lowest BCUT2D eigenvalue weighted by molar-refractivity contribution is 0.248. The van der Waals surface area contributed by atoms with Crippen molar-refractivity contribution in [3.8, 4) is 0 Å². The van der Waals surface area contributed by atoms with Crippen molar-refractivity contribution in [2.75, 3.05) is 23.5 Å². The Morgan fingerprint density at radius 3 is 2.70 bits per heavy atom. The molecular formula is C19H23Cl2N7O2. The number of hydrogen-bond donors (Lipinski definition) is 3. The number of rotatable bonds is 6. The van der Waals surface area contributed by atoms with Crippen molar-refractivity contribution in [2.45, 2.75) is 26.7 Å². The van der Waals surface area contributed by atoms with Crippen LogP contribution in [-0.2, 0) is 7.05 Å². The summed E-state index contributed by atoms with van der Waals surface area (Å²) in [6.45, 7) is 6.06. The topological polar surface area (TPSA) is 108 Å². The van der Waals surface area contributed by atoms with E-state index < -0.39 is 6.03 Å². The highest BCUT2D eigenvalue weighted by Gasteiger charge is 2.19. The maximum Gasteiger partial charge on any atom is 0.338 e. The number of amides is 2. The molecule has 160 valence electrons. The van der Waals surface area contributed by atoms with Crippen LogP contribution >= 0.6 is 23.2 Å². The summed E-state index contributed by atoms with van der Waals surface area (Å²) in [6.07, 6.45) is 1.39. The number of urea groups is 1. The molecule has 0 atom stereocenters. The maximum absolute atomic E-state index is 12.5. The monoisotopic (exact) mass is 451 g/mol. The summed E-state index contributed by atoms with van der Waals surface area (Å²) in [4.78, 5) is 21.1. The highest BCUT2D eigenvalue weighted by atomic mass is 35.5. The van der Waals surface area contributed by atoms with Gasteiger partial charge < -0.3 is 10.4 Å². The van der Waals surface area contributed by atoms with E-state index >= 15 is 0 Å². The van der Waals surface area contributed by atoms with Crippen LogP contribution in [0, 0.1) is 6.92 Å². The number of hydrogen-bond acceptors (Lipinski definition) is 6. The Kier molecular flexibility index (Phi) is 6.64. The molecule has 0 fully saturated rings. The van der Waals surface area contributed by atoms with E-state index in [0.29, 0.717) is 17.2 Å². The quantitative estimate of drug-likeness (QED) is 0.389. The van der Waals surface area contributed by atoms with E-state index in [0.717, 1.165) is 16.6 Å². The van der Waals surface area contributed by atoms with Gasteiger partial charge in [0.05, 0.1) is 35.8 Å². The van der Waals surface area contributed by atoms with E-state index in [1.165, 1.54) is 17.3 Å². The number of aliphatic hydroxyl groups excluding tert-OH is 1. The fourth-order valence-electron chi connectivity index (χ4n) is 3.16. The van der Waals surface area contributed by atoms with Crippen LogP contribution in [0.5, 0.6) is 0 Å². The summed E-state index contributed by atoms with van der Waals surface area (Å²) in [5.74, 6) is 0.704. The number of aromatic nitrogens is 4. The second-order valence-electron chi connectivity index (χ2n) is 7.07. The summed E-state index contributed by atoms with van der Waals surface area (Å²) in [7, 11) is 1.82. The van der Waals surface area contributed by atoms with Crippen molar-refractivity contribution in [1.82, 2.24) is 25.2 Å². The molecule has 0 bridgehead atoms. The number of hydrazine groups is 1. The van der Waals surface area contributed by atoms with E-state index in [1.54, 1.807) is 4.68 Å². The van der Waals surface area contributed by atoms with Gasteiger partial charge in [-0.3, -0.25) is 9.69 Å². The van der Waals surface area contributed by atoms with Crippen LogP contribution in [0.1, 0.15) is 31.0 Å². The van der Waals surface area contributed by atoms with E-state index in [2.05, 4.69) is 39.7 Å². The van der Waals surface area contributed by atoms with Crippen molar-refractivity contribution in [3.05, 3.63) is 39.8 Å². The third-order valence-corrected chi connectivity index (χ3v) is 5.18. The van der Waals surface area contributed by atoms with Crippen molar-refractivity contribution < 1.29 is 9.90 Å². The smallest absolute Gasteiger partial charge is 0.338 e. The third kappa shape index (κ3) is 4.58. The number of carbonyl (C=O) groups is 1. The van der Waals surface area contributed by atoms with Crippen molar-refractivity contribution in [2.24, 2.45) is 7.05 Å². The van der Waals surface area contributed by atoms with E-state index in [1.807, 2.05) is 20.0 Å². The lowest BCUT2D eigenvalue weighted by Crippen LogP contribution is -2.46. The average Bonchev–Trinajstić information content (AvgIpc) is 2.97. The Labute approximate surface area is 184 Å². The lowest BCUT2D eigenvalue weighted by atomic mass is 10.00. The largest absolute Gasteiger partial charge is 0.394 e. The van der Waals surface area contributed by atoms with E-state index in [-0.39, 0.29) is 29.2 Å². The van der Waals surface area contributed by atoms with Crippen LogP contribution < -0.4 is 15.8 Å². The SMILES string of the molecule is Cc1nn(C)c2nc(N(CCO)NC(=O)Nc3cnc(Cl)c(Cl)c3)cc(C(C)C)c12. The molecular weight excluding hydrogens is 429 g/mol. The number of aliphatic hydroxyl groups is 1. The highest BCUT2D eigenvalue weighted by molar-refractivity contribution is 6.41. The number of halogens is 2. The molecule has 3 rings (SSSR count). The Bertz CT molecular complexity index is 1080. The number of pyridine rings is 2. The fourth-order valence-corrected chi connectivity index (χ4v) is 3.43. The number of nitrogens with one attached hydrogen (secondary N) is 2. The van der Waals surface area contributed by atoms with Gasteiger partial charge in [-0.15, -0.1) is 0 Å². The first kappa shape index (κ1) is 22.1. The second-order valence-corrected chi connectivity index (χ2v) is 7.84. The zero-order chi connectivity index (χ0) is 22.0. The summed E-state index contributed by atoms with van der Waals surface area (Å²) in [6, 6.07) is 2.85. The summed E-state index contributed by atoms with van der Waals surface area (Å²) < 4.78 is 1.71. The molecule has 0 aliphatic rings. The van der Waals surface area contributed by atoms with Gasteiger partial charge in [0.25, 0.3) is 0 Å². The zero-order valence-electron chi connectivity index (χ0n) is 17.1. The molecule has 3 aromatic rings. The number of anilines is 2. The van der Waals surface area contributed by atoms with Crippen LogP contribution in [0.4, 0.5) is 16.3 Å². The molecule has 3 aromatic heterocycles. The molecule has 0 radical (unpaired) electrons. The Hall–Kier alpha value is -2.62. The molecule has 0 spiro atoms. The molecule has 3 heterocycles. The van der Waals surface area contributed by atoms with Crippen LogP contribution in [0.3, 0.4) is 0 Å². The molecule has 0 aliphatic carbocycles. The normalized spacial score (nSPS) is 11.2. The lowest BCUT2D eigenvalue weighted by Gasteiger charge is -2.25. The minimum absolute atomic E-state index is 0.139. The third-order valence-electron chi connectivity index (χ3n) is 4.50. The number of carbonyl (C=O) groups excluding carboxylic acids is 1. The molecule has 0 saturated carbocycles. The zero-order valence-corrected chi connectivity index (χ0v) is 18.6. The van der Waals surface area contributed by atoms with Gasteiger partial charge in [0.2, 0.25) is 0 Å². The number of nitrogens with zero attached hydrogens (tertiary/aromatic N) is 5. The minimum Gasteiger partial charge on any atom is -0.394 e. The summed E-state index contributed by atoms with van der Waals surface area (Å²) >= 11 is 11.7. The van der Waals surface area contributed by atoms with E-state index in [4.69, 9.17) is 23.2 Å². The standard InChI is InChI=1S/C19H23Cl2N7O2/c1-10(2)13-8-15(24-18-16(13)11(3)25-27(18)4)28(5-6-29)26-19(30)23-12-7-14(20)17(21)22-9-12/h7-10,29H,5-6H2,1-4H3,(H2,23,26,30). The van der Waals surface area contributed by atoms with Crippen molar-refractivity contribution >= 4 is 51.8 Å². The molecule has 11 heteroatoms. The van der Waals surface area contributed by atoms with Crippen LogP contribution in [0.15, 0.2) is 18.3 Å². The highest BCUT2D eigenvalue weighted by Crippen LogP contribution is 2.30. The van der Waals surface area contributed by atoms with Crippen LogP contribution in [0.2, 0.25) is 10.2 Å². The summed E-state index contributed by atoms with van der Waals surface area (Å²) in [5.41, 5.74) is 5.72. The molecule has 0 saturated heterocycles. The number of fused-ring (bicyclic) bond motifs is 1. The van der Waals surface area contributed by atoms with Crippen molar-refractivity contribution in [1.29, 1.82) is 0 Å². The van der Waals surface area contributed by atoms with Gasteiger partial charge in [-0.05, 0) is 30.5 Å². The van der Waals surface area contributed by atoms with E-state index in [9.17, 15) is 9.90 Å². The van der Waals surface area contributed by atoms with Gasteiger partial charge in [-0.2, -0.15) is 5.10 Å². The Morgan fingerprint density at radius 1 is 1.33 bits per heavy atom. The number of aryl methyl sites for hydroxylation is 2. The molecule has 0 unspecified atom stereocenters. The predicted octanol–water partition coefficient (Wildman–Crippen LogP) is 3.64. The molecule has 30 heavy (non-hydrogen) atoms. The maximum atomic E-state index is 12.5. The van der Waals surface area contributed by atoms with Gasteiger partial charge in [-0.25, -0.2) is 20.2 Å². The first-order valence-corrected chi connectivity index (χ1v) is 10.1. The summed E-state index contributed by atoms with van der Waals surface area (Å²) in [5, 5.41) is 19.5. The van der Waals surface area contributed by atoms with Gasteiger partial charge in [0.1, 0.15) is 11.0 Å². The van der Waals surface area contributed by atoms with Gasteiger partial charge >= 0.3 is 6.03 Å². The van der Waals surface area contributed by atoms with Crippen LogP contribution in [0.25, 0.3) is 11.0 Å². The fraction of sp³-hybridized carbons (Fsp3) is 0.368. The predicted molar refractivity (Wildman–Crippen MR) is 118 cm³/mol. The van der Waals surface area contributed by atoms with Crippen LogP contribution in [-0.4, -0.2) is 44.0 Å². The first-order chi connectivity index (χ1) is 14.2.